The van der Waals surface area contributed by atoms with Gasteiger partial charge in [-0.1, -0.05) is 52.3 Å². The first-order chi connectivity index (χ1) is 9.70. The summed E-state index contributed by atoms with van der Waals surface area (Å²) in [6.45, 7) is 12.8. The summed E-state index contributed by atoms with van der Waals surface area (Å²) in [7, 11) is 0. The van der Waals surface area contributed by atoms with Crippen LogP contribution in [0.5, 0.6) is 5.88 Å². The summed E-state index contributed by atoms with van der Waals surface area (Å²) in [6, 6.07) is 8.06. The maximum atomic E-state index is 10.6. The molecule has 0 bridgehead atoms. The van der Waals surface area contributed by atoms with Gasteiger partial charge in [0.25, 0.3) is 0 Å². The minimum Gasteiger partial charge on any atom is -0.493 e. The predicted molar refractivity (Wildman–Crippen MR) is 87.2 cm³/mol. The number of aromatic nitrogens is 2. The highest BCUT2D eigenvalue weighted by atomic mass is 16.3. The maximum absolute atomic E-state index is 10.6. The Morgan fingerprint density at radius 2 is 1.71 bits per heavy atom. The van der Waals surface area contributed by atoms with Crippen molar-refractivity contribution in [3.05, 3.63) is 41.1 Å². The van der Waals surface area contributed by atoms with E-state index in [0.717, 1.165) is 23.4 Å². The molecule has 0 amide bonds. The molecule has 0 aliphatic carbocycles. The Morgan fingerprint density at radius 1 is 1.14 bits per heavy atom. The van der Waals surface area contributed by atoms with Gasteiger partial charge in [0.05, 0.1) is 11.4 Å². The smallest absolute Gasteiger partial charge is 0.217 e. The van der Waals surface area contributed by atoms with Gasteiger partial charge in [-0.05, 0) is 31.4 Å². The van der Waals surface area contributed by atoms with E-state index < -0.39 is 0 Å². The summed E-state index contributed by atoms with van der Waals surface area (Å²) in [5.41, 5.74) is 3.97. The van der Waals surface area contributed by atoms with E-state index in [9.17, 15) is 5.11 Å². The Balaban J connectivity index is 2.58. The molecule has 0 aliphatic rings. The highest BCUT2D eigenvalue weighted by Crippen LogP contribution is 2.34. The second-order valence-electron chi connectivity index (χ2n) is 7.25. The highest BCUT2D eigenvalue weighted by molar-refractivity contribution is 5.43. The summed E-state index contributed by atoms with van der Waals surface area (Å²) in [6.07, 6.45) is 0.838. The standard InChI is InChI=1S/C18H26N2O/c1-12(2)11-15-16(18(4,5)6)19-20(17(15)21)14-9-7-13(3)8-10-14/h7-10,12,21H,11H2,1-6H3. The van der Waals surface area contributed by atoms with E-state index in [2.05, 4.69) is 41.5 Å². The van der Waals surface area contributed by atoms with Gasteiger partial charge in [-0.2, -0.15) is 5.10 Å². The van der Waals surface area contributed by atoms with E-state index in [4.69, 9.17) is 5.10 Å². The average Bonchev–Trinajstić information content (AvgIpc) is 2.68. The third kappa shape index (κ3) is 3.29. The van der Waals surface area contributed by atoms with Crippen LogP contribution in [0.2, 0.25) is 0 Å². The Hall–Kier alpha value is -1.77. The zero-order valence-electron chi connectivity index (χ0n) is 13.9. The highest BCUT2D eigenvalue weighted by Gasteiger charge is 2.27. The van der Waals surface area contributed by atoms with Crippen molar-refractivity contribution in [3.63, 3.8) is 0 Å². The fraction of sp³-hybridized carbons (Fsp3) is 0.500. The molecule has 1 heterocycles. The van der Waals surface area contributed by atoms with Gasteiger partial charge in [-0.25, -0.2) is 4.68 Å². The number of benzene rings is 1. The van der Waals surface area contributed by atoms with Crippen molar-refractivity contribution in [2.45, 2.75) is 53.4 Å². The second-order valence-corrected chi connectivity index (χ2v) is 7.25. The van der Waals surface area contributed by atoms with Gasteiger partial charge in [0, 0.05) is 11.0 Å². The molecule has 1 N–H and O–H groups in total. The zero-order chi connectivity index (χ0) is 15.8. The van der Waals surface area contributed by atoms with E-state index in [-0.39, 0.29) is 11.3 Å². The average molecular weight is 286 g/mol. The predicted octanol–water partition coefficient (Wildman–Crippen LogP) is 4.38. The summed E-state index contributed by atoms with van der Waals surface area (Å²) < 4.78 is 1.66. The molecule has 2 rings (SSSR count). The van der Waals surface area contributed by atoms with Crippen LogP contribution < -0.4 is 0 Å². The summed E-state index contributed by atoms with van der Waals surface area (Å²) in [5.74, 6) is 0.755. The van der Waals surface area contributed by atoms with Crippen LogP contribution in [-0.4, -0.2) is 14.9 Å². The lowest BCUT2D eigenvalue weighted by atomic mass is 9.87. The van der Waals surface area contributed by atoms with E-state index in [0.29, 0.717) is 5.92 Å². The Bertz CT molecular complexity index is 616. The first-order valence-electron chi connectivity index (χ1n) is 7.58. The van der Waals surface area contributed by atoms with Crippen molar-refractivity contribution in [2.75, 3.05) is 0 Å². The Labute approximate surface area is 127 Å². The normalized spacial score (nSPS) is 12.1. The van der Waals surface area contributed by atoms with E-state index in [1.54, 1.807) is 4.68 Å². The molecule has 0 spiro atoms. The van der Waals surface area contributed by atoms with Gasteiger partial charge in [0.2, 0.25) is 5.88 Å². The fourth-order valence-electron chi connectivity index (χ4n) is 2.51. The van der Waals surface area contributed by atoms with Gasteiger partial charge in [0.15, 0.2) is 0 Å². The zero-order valence-corrected chi connectivity index (χ0v) is 13.9. The van der Waals surface area contributed by atoms with Crippen LogP contribution in [0.3, 0.4) is 0 Å². The molecule has 1 aromatic heterocycles. The van der Waals surface area contributed by atoms with Crippen molar-refractivity contribution in [1.82, 2.24) is 9.78 Å². The Kier molecular flexibility index (Phi) is 4.13. The topological polar surface area (TPSA) is 38.0 Å². The monoisotopic (exact) mass is 286 g/mol. The molecule has 1 aromatic carbocycles. The molecule has 0 saturated carbocycles. The number of hydrogen-bond donors (Lipinski definition) is 1. The van der Waals surface area contributed by atoms with E-state index >= 15 is 0 Å². The van der Waals surface area contributed by atoms with Gasteiger partial charge < -0.3 is 5.11 Å². The van der Waals surface area contributed by atoms with E-state index in [1.165, 1.54) is 5.56 Å². The molecule has 0 saturated heterocycles. The van der Waals surface area contributed by atoms with Gasteiger partial charge in [0.1, 0.15) is 0 Å². The molecule has 3 heteroatoms. The molecular weight excluding hydrogens is 260 g/mol. The van der Waals surface area contributed by atoms with Crippen molar-refractivity contribution >= 4 is 0 Å². The van der Waals surface area contributed by atoms with Crippen LogP contribution in [0.1, 0.15) is 51.4 Å². The number of aryl methyl sites for hydroxylation is 1. The van der Waals surface area contributed by atoms with Gasteiger partial charge in [-0.3, -0.25) is 0 Å². The number of rotatable bonds is 3. The summed E-state index contributed by atoms with van der Waals surface area (Å²) in [4.78, 5) is 0. The van der Waals surface area contributed by atoms with Crippen LogP contribution in [0.4, 0.5) is 0 Å². The third-order valence-corrected chi connectivity index (χ3v) is 3.56. The number of aromatic hydroxyl groups is 1. The fourth-order valence-corrected chi connectivity index (χ4v) is 2.51. The molecule has 114 valence electrons. The molecule has 2 aromatic rings. The molecular formula is C18H26N2O. The number of hydrogen-bond acceptors (Lipinski definition) is 2. The van der Waals surface area contributed by atoms with Crippen molar-refractivity contribution in [2.24, 2.45) is 5.92 Å². The van der Waals surface area contributed by atoms with Gasteiger partial charge in [-0.15, -0.1) is 0 Å². The first kappa shape index (κ1) is 15.6. The Morgan fingerprint density at radius 3 is 2.19 bits per heavy atom. The third-order valence-electron chi connectivity index (χ3n) is 3.56. The minimum absolute atomic E-state index is 0.0857. The van der Waals surface area contributed by atoms with Crippen LogP contribution in [0, 0.1) is 12.8 Å². The van der Waals surface area contributed by atoms with Crippen molar-refractivity contribution in [1.29, 1.82) is 0 Å². The lowest BCUT2D eigenvalue weighted by molar-refractivity contribution is 0.424. The summed E-state index contributed by atoms with van der Waals surface area (Å²) >= 11 is 0. The second kappa shape index (κ2) is 5.55. The molecule has 0 fully saturated rings. The van der Waals surface area contributed by atoms with Crippen LogP contribution in [0.15, 0.2) is 24.3 Å². The van der Waals surface area contributed by atoms with Crippen LogP contribution >= 0.6 is 0 Å². The summed E-state index contributed by atoms with van der Waals surface area (Å²) in [5, 5.41) is 15.3. The molecule has 0 atom stereocenters. The van der Waals surface area contributed by atoms with E-state index in [1.807, 2.05) is 24.3 Å². The lowest BCUT2D eigenvalue weighted by Crippen LogP contribution is -2.15. The largest absolute Gasteiger partial charge is 0.493 e. The lowest BCUT2D eigenvalue weighted by Gasteiger charge is -2.18. The molecule has 0 radical (unpaired) electrons. The molecule has 21 heavy (non-hydrogen) atoms. The number of nitrogens with zero attached hydrogens (tertiary/aromatic N) is 2. The molecule has 0 unspecified atom stereocenters. The first-order valence-corrected chi connectivity index (χ1v) is 7.58. The SMILES string of the molecule is Cc1ccc(-n2nc(C(C)(C)C)c(CC(C)C)c2O)cc1. The molecule has 3 nitrogen and oxygen atoms in total. The quantitative estimate of drug-likeness (QED) is 0.909. The minimum atomic E-state index is -0.0857. The maximum Gasteiger partial charge on any atom is 0.217 e. The van der Waals surface area contributed by atoms with Crippen LogP contribution in [0.25, 0.3) is 5.69 Å². The van der Waals surface area contributed by atoms with Gasteiger partial charge >= 0.3 is 0 Å². The van der Waals surface area contributed by atoms with Crippen LogP contribution in [-0.2, 0) is 11.8 Å². The molecule has 0 aliphatic heterocycles. The van der Waals surface area contributed by atoms with Crippen molar-refractivity contribution in [3.8, 4) is 11.6 Å². The van der Waals surface area contributed by atoms with Crippen molar-refractivity contribution < 1.29 is 5.11 Å².